The summed E-state index contributed by atoms with van der Waals surface area (Å²) in [5, 5.41) is 29.7. The summed E-state index contributed by atoms with van der Waals surface area (Å²) in [6.07, 6.45) is 9.44. The van der Waals surface area contributed by atoms with Crippen LogP contribution < -0.4 is 0 Å². The molecule has 0 amide bonds. The number of aliphatic hydroxyl groups is 3. The number of rotatable bonds is 10. The predicted octanol–water partition coefficient (Wildman–Crippen LogP) is 1.80. The van der Waals surface area contributed by atoms with Crippen molar-refractivity contribution < 1.29 is 24.8 Å². The van der Waals surface area contributed by atoms with Crippen molar-refractivity contribution in [1.82, 2.24) is 4.90 Å². The highest BCUT2D eigenvalue weighted by atomic mass is 16.5. The van der Waals surface area contributed by atoms with Gasteiger partial charge in [-0.05, 0) is 88.0 Å². The highest BCUT2D eigenvalue weighted by Gasteiger charge is 2.50. The van der Waals surface area contributed by atoms with E-state index in [9.17, 15) is 15.3 Å². The van der Waals surface area contributed by atoms with Gasteiger partial charge in [-0.15, -0.1) is 0 Å². The number of likely N-dealkylation sites (tertiary alicyclic amines) is 1. The molecular formula is C23H41NO5. The molecule has 4 bridgehead atoms. The van der Waals surface area contributed by atoms with Crippen LogP contribution >= 0.6 is 0 Å². The average molecular weight is 412 g/mol. The van der Waals surface area contributed by atoms with Gasteiger partial charge in [-0.2, -0.15) is 0 Å². The maximum atomic E-state index is 10.2. The lowest BCUT2D eigenvalue weighted by Gasteiger charge is -2.56. The molecule has 1 saturated heterocycles. The summed E-state index contributed by atoms with van der Waals surface area (Å²) in [4.78, 5) is 1.86. The van der Waals surface area contributed by atoms with Crippen molar-refractivity contribution in [2.45, 2.75) is 82.1 Å². The molecule has 1 heterocycles. The van der Waals surface area contributed by atoms with Gasteiger partial charge in [0.05, 0.1) is 25.4 Å². The summed E-state index contributed by atoms with van der Waals surface area (Å²) in [7, 11) is 1.84. The second-order valence-electron chi connectivity index (χ2n) is 10.6. The molecule has 5 fully saturated rings. The van der Waals surface area contributed by atoms with Crippen molar-refractivity contribution in [3.05, 3.63) is 0 Å². The number of unbranched alkanes of at least 4 members (excludes halogenated alkanes) is 2. The van der Waals surface area contributed by atoms with Gasteiger partial charge in [0.1, 0.15) is 12.2 Å². The van der Waals surface area contributed by atoms with Crippen LogP contribution in [0, 0.1) is 23.2 Å². The van der Waals surface area contributed by atoms with Crippen molar-refractivity contribution in [2.75, 3.05) is 40.0 Å². The van der Waals surface area contributed by atoms with E-state index < -0.39 is 24.4 Å². The summed E-state index contributed by atoms with van der Waals surface area (Å²) in [6, 6.07) is -0.420. The standard InChI is InChI=1S/C23H41NO5/c1-24-13-20(22(27)21(26)19(24)14-25)29-6-4-2-3-5-28-15-23-10-16-7-17(11-23)9-18(8-16)12-23/h16-22,25-27H,2-15H2,1H3/t16-,17-,18?,19-,20-,21+,22-,23?/m1/s1. The quantitative estimate of drug-likeness (QED) is 0.476. The molecule has 5 aliphatic rings. The zero-order chi connectivity index (χ0) is 20.4. The SMILES string of the molecule is CN1C[C@@H](OCCCCCOCC23CC4C[C@H](C2)C[C@H](C4)C3)[C@@H](O)[C@@H](O)[C@H]1CO. The third kappa shape index (κ3) is 4.99. The lowest BCUT2D eigenvalue weighted by molar-refractivity contribution is -0.158. The molecule has 5 rings (SSSR count). The molecule has 0 spiro atoms. The Morgan fingerprint density at radius 2 is 1.52 bits per heavy atom. The number of hydrogen-bond acceptors (Lipinski definition) is 6. The zero-order valence-corrected chi connectivity index (χ0v) is 18.0. The monoisotopic (exact) mass is 411 g/mol. The van der Waals surface area contributed by atoms with Crippen LogP contribution in [0.2, 0.25) is 0 Å². The molecule has 0 unspecified atom stereocenters. The third-order valence-corrected chi connectivity index (χ3v) is 8.18. The Labute approximate surface area is 175 Å². The third-order valence-electron chi connectivity index (χ3n) is 8.18. The second-order valence-corrected chi connectivity index (χ2v) is 10.6. The molecule has 0 aromatic rings. The minimum atomic E-state index is -0.971. The fourth-order valence-electron chi connectivity index (χ4n) is 7.11. The van der Waals surface area contributed by atoms with Crippen LogP contribution in [0.4, 0.5) is 0 Å². The molecule has 4 aliphatic carbocycles. The smallest absolute Gasteiger partial charge is 0.109 e. The molecule has 0 radical (unpaired) electrons. The number of piperidine rings is 1. The Morgan fingerprint density at radius 3 is 2.14 bits per heavy atom. The first-order valence-corrected chi connectivity index (χ1v) is 11.9. The van der Waals surface area contributed by atoms with E-state index in [-0.39, 0.29) is 6.61 Å². The van der Waals surface area contributed by atoms with Gasteiger partial charge in [-0.3, -0.25) is 4.90 Å². The highest BCUT2D eigenvalue weighted by Crippen LogP contribution is 2.60. The minimum absolute atomic E-state index is 0.162. The number of nitrogens with zero attached hydrogens (tertiary/aromatic N) is 1. The van der Waals surface area contributed by atoms with E-state index in [1.165, 1.54) is 38.5 Å². The Kier molecular flexibility index (Phi) is 7.19. The van der Waals surface area contributed by atoms with Crippen molar-refractivity contribution in [3.63, 3.8) is 0 Å². The largest absolute Gasteiger partial charge is 0.395 e. The molecule has 4 atom stereocenters. The minimum Gasteiger partial charge on any atom is -0.395 e. The fourth-order valence-corrected chi connectivity index (χ4v) is 7.11. The van der Waals surface area contributed by atoms with Crippen LogP contribution in [0.1, 0.15) is 57.8 Å². The predicted molar refractivity (Wildman–Crippen MR) is 111 cm³/mol. The van der Waals surface area contributed by atoms with Crippen LogP contribution in [0.15, 0.2) is 0 Å². The van der Waals surface area contributed by atoms with Gasteiger partial charge in [0.25, 0.3) is 0 Å². The molecule has 1 aliphatic heterocycles. The average Bonchev–Trinajstić information content (AvgIpc) is 2.67. The van der Waals surface area contributed by atoms with Crippen LogP contribution in [0.5, 0.6) is 0 Å². The van der Waals surface area contributed by atoms with Gasteiger partial charge in [-0.1, -0.05) is 0 Å². The lowest BCUT2D eigenvalue weighted by Crippen LogP contribution is -2.61. The topological polar surface area (TPSA) is 82.4 Å². The van der Waals surface area contributed by atoms with Gasteiger partial charge in [0, 0.05) is 19.8 Å². The molecule has 0 aromatic heterocycles. The molecule has 6 heteroatoms. The molecule has 0 aromatic carbocycles. The van der Waals surface area contributed by atoms with Crippen molar-refractivity contribution in [3.8, 4) is 0 Å². The molecule has 168 valence electrons. The van der Waals surface area contributed by atoms with E-state index >= 15 is 0 Å². The van der Waals surface area contributed by atoms with Crippen molar-refractivity contribution >= 4 is 0 Å². The van der Waals surface area contributed by atoms with Crippen LogP contribution in [0.25, 0.3) is 0 Å². The first-order chi connectivity index (χ1) is 14.0. The first-order valence-electron chi connectivity index (χ1n) is 11.9. The number of aliphatic hydroxyl groups excluding tert-OH is 3. The molecular weight excluding hydrogens is 370 g/mol. The number of likely N-dealkylation sites (N-methyl/N-ethyl adjacent to an activating group) is 1. The van der Waals surface area contributed by atoms with E-state index in [4.69, 9.17) is 9.47 Å². The van der Waals surface area contributed by atoms with Crippen LogP contribution in [-0.2, 0) is 9.47 Å². The van der Waals surface area contributed by atoms with Crippen LogP contribution in [-0.4, -0.2) is 84.6 Å². The Morgan fingerprint density at radius 1 is 0.897 bits per heavy atom. The summed E-state index contributed by atoms with van der Waals surface area (Å²) in [5.74, 6) is 2.96. The summed E-state index contributed by atoms with van der Waals surface area (Å²) >= 11 is 0. The van der Waals surface area contributed by atoms with Crippen molar-refractivity contribution in [2.24, 2.45) is 23.2 Å². The zero-order valence-electron chi connectivity index (χ0n) is 18.0. The maximum absolute atomic E-state index is 10.2. The van der Waals surface area contributed by atoms with E-state index in [1.54, 1.807) is 0 Å². The van der Waals surface area contributed by atoms with Gasteiger partial charge in [0.15, 0.2) is 0 Å². The Bertz CT molecular complexity index is 494. The summed E-state index contributed by atoms with van der Waals surface area (Å²) in [5.41, 5.74) is 0.508. The summed E-state index contributed by atoms with van der Waals surface area (Å²) in [6.45, 7) is 2.76. The van der Waals surface area contributed by atoms with Crippen LogP contribution in [0.3, 0.4) is 0 Å². The van der Waals surface area contributed by atoms with Gasteiger partial charge in [-0.25, -0.2) is 0 Å². The molecule has 3 N–H and O–H groups in total. The van der Waals surface area contributed by atoms with E-state index in [0.29, 0.717) is 18.6 Å². The van der Waals surface area contributed by atoms with Gasteiger partial charge >= 0.3 is 0 Å². The molecule has 29 heavy (non-hydrogen) atoms. The van der Waals surface area contributed by atoms with Gasteiger partial charge < -0.3 is 24.8 Å². The van der Waals surface area contributed by atoms with E-state index in [2.05, 4.69) is 0 Å². The maximum Gasteiger partial charge on any atom is 0.109 e. The highest BCUT2D eigenvalue weighted by molar-refractivity contribution is 5.01. The molecule has 6 nitrogen and oxygen atoms in total. The van der Waals surface area contributed by atoms with Crippen molar-refractivity contribution in [1.29, 1.82) is 0 Å². The summed E-state index contributed by atoms with van der Waals surface area (Å²) < 4.78 is 12.0. The lowest BCUT2D eigenvalue weighted by atomic mass is 9.50. The molecule has 4 saturated carbocycles. The number of ether oxygens (including phenoxy) is 2. The normalized spacial score (nSPS) is 44.5. The Balaban J connectivity index is 1.07. The Hall–Kier alpha value is -0.240. The first kappa shape index (κ1) is 22.0. The van der Waals surface area contributed by atoms with Gasteiger partial charge in [0.2, 0.25) is 0 Å². The van der Waals surface area contributed by atoms with E-state index in [0.717, 1.165) is 50.2 Å². The second kappa shape index (κ2) is 9.49. The fraction of sp³-hybridized carbons (Fsp3) is 1.00. The van der Waals surface area contributed by atoms with E-state index in [1.807, 2.05) is 11.9 Å². The number of hydrogen-bond donors (Lipinski definition) is 3.